The number of nitrogens with zero attached hydrogens (tertiary/aromatic N) is 3. The normalized spacial score (nSPS) is 13.0. The summed E-state index contributed by atoms with van der Waals surface area (Å²) in [5.74, 6) is -1.72. The molecule has 0 spiro atoms. The Balaban J connectivity index is 1.98. The molecule has 10 nitrogen and oxygen atoms in total. The molecule has 3 rings (SSSR count). The first kappa shape index (κ1) is 23.8. The molecule has 0 bridgehead atoms. The number of nitrogens with one attached hydrogen (secondary N) is 3. The van der Waals surface area contributed by atoms with Gasteiger partial charge in [-0.3, -0.25) is 9.48 Å². The van der Waals surface area contributed by atoms with Crippen LogP contribution >= 0.6 is 0 Å². The van der Waals surface area contributed by atoms with Gasteiger partial charge in [-0.2, -0.15) is 5.10 Å². The molecule has 0 unspecified atom stereocenters. The maximum absolute atomic E-state index is 14.8. The van der Waals surface area contributed by atoms with Crippen molar-refractivity contribution < 1.29 is 19.1 Å². The average Bonchev–Trinajstić information content (AvgIpc) is 3.15. The van der Waals surface area contributed by atoms with Gasteiger partial charge >= 0.3 is 6.09 Å². The number of anilines is 3. The minimum atomic E-state index is -1.18. The summed E-state index contributed by atoms with van der Waals surface area (Å²) in [5, 5.41) is 22.7. The minimum absolute atomic E-state index is 0.0583. The lowest BCUT2D eigenvalue weighted by atomic mass is 9.97. The number of carbonyl (C=O) groups is 2. The Labute approximate surface area is 190 Å². The van der Waals surface area contributed by atoms with Gasteiger partial charge in [0.1, 0.15) is 5.82 Å². The zero-order valence-electron chi connectivity index (χ0n) is 18.9. The van der Waals surface area contributed by atoms with Crippen molar-refractivity contribution in [2.75, 3.05) is 10.6 Å². The number of hydrogen-bond acceptors (Lipinski definition) is 6. The average molecular weight is 458 g/mol. The summed E-state index contributed by atoms with van der Waals surface area (Å²) in [5.41, 5.74) is 6.86. The molecule has 6 N–H and O–H groups in total. The number of carbonyl (C=O) groups excluding carboxylic acids is 1. The summed E-state index contributed by atoms with van der Waals surface area (Å²) >= 11 is 0. The van der Waals surface area contributed by atoms with E-state index in [0.717, 1.165) is 17.0 Å². The number of fused-ring (bicyclic) bond motifs is 1. The van der Waals surface area contributed by atoms with Gasteiger partial charge in [0.15, 0.2) is 11.6 Å². The molecule has 2 amide bonds. The molecule has 0 aliphatic carbocycles. The van der Waals surface area contributed by atoms with Gasteiger partial charge in [-0.05, 0) is 44.0 Å². The Hall–Kier alpha value is -3.89. The highest BCUT2D eigenvalue weighted by Crippen LogP contribution is 2.27. The number of rotatable bonds is 9. The van der Waals surface area contributed by atoms with Crippen molar-refractivity contribution in [3.05, 3.63) is 41.8 Å². The van der Waals surface area contributed by atoms with Gasteiger partial charge in [0.2, 0.25) is 0 Å². The molecule has 33 heavy (non-hydrogen) atoms. The lowest BCUT2D eigenvalue weighted by molar-refractivity contribution is 0.1000. The van der Waals surface area contributed by atoms with Crippen LogP contribution in [0.2, 0.25) is 0 Å². The van der Waals surface area contributed by atoms with Gasteiger partial charge in [0, 0.05) is 29.7 Å². The van der Waals surface area contributed by atoms with Crippen LogP contribution in [0.3, 0.4) is 0 Å². The highest BCUT2D eigenvalue weighted by Gasteiger charge is 2.25. The molecular weight excluding hydrogens is 429 g/mol. The SMILES string of the molecule is CCn1ncc2ccc(Nc3nc(N[C@@H](C(C)C)[C@H](C)NC(=O)O)c(F)cc3C(N)=O)cc21. The lowest BCUT2D eigenvalue weighted by Crippen LogP contribution is -2.47. The molecule has 0 saturated heterocycles. The van der Waals surface area contributed by atoms with Crippen molar-refractivity contribution in [3.8, 4) is 0 Å². The first-order valence-electron chi connectivity index (χ1n) is 10.6. The standard InChI is InChI=1S/C22H28FN7O3/c1-5-30-17-8-14(7-6-13(17)10-25-30)27-20-15(19(24)31)9-16(23)21(29-20)28-18(11(2)3)12(4)26-22(32)33/h6-12,18,26H,5H2,1-4H3,(H2,24,31)(H,32,33)(H2,27,28,29)/t12-,18-/m0/s1. The van der Waals surface area contributed by atoms with E-state index in [1.807, 2.05) is 37.6 Å². The maximum atomic E-state index is 14.8. The number of primary amides is 1. The van der Waals surface area contributed by atoms with Crippen molar-refractivity contribution in [2.24, 2.45) is 11.7 Å². The molecule has 11 heteroatoms. The largest absolute Gasteiger partial charge is 0.465 e. The quantitative estimate of drug-likeness (QED) is 0.330. The number of nitrogens with two attached hydrogens (primary N) is 1. The van der Waals surface area contributed by atoms with Gasteiger partial charge in [-0.15, -0.1) is 0 Å². The van der Waals surface area contributed by atoms with Crippen LogP contribution < -0.4 is 21.7 Å². The molecule has 1 aromatic carbocycles. The summed E-state index contributed by atoms with van der Waals surface area (Å²) in [6.45, 7) is 8.08. The van der Waals surface area contributed by atoms with Gasteiger partial charge in [-0.1, -0.05) is 13.8 Å². The number of pyridine rings is 1. The van der Waals surface area contributed by atoms with Crippen molar-refractivity contribution in [1.82, 2.24) is 20.1 Å². The first-order chi connectivity index (χ1) is 15.6. The number of halogens is 1. The van der Waals surface area contributed by atoms with E-state index in [1.54, 1.807) is 19.2 Å². The van der Waals surface area contributed by atoms with E-state index in [1.165, 1.54) is 0 Å². The first-order valence-corrected chi connectivity index (χ1v) is 10.6. The highest BCUT2D eigenvalue weighted by atomic mass is 19.1. The van der Waals surface area contributed by atoms with Gasteiger partial charge in [0.25, 0.3) is 5.91 Å². The molecule has 176 valence electrons. The van der Waals surface area contributed by atoms with Crippen LogP contribution in [0.15, 0.2) is 30.5 Å². The van der Waals surface area contributed by atoms with Crippen LogP contribution in [0.1, 0.15) is 38.1 Å². The van der Waals surface area contributed by atoms with E-state index in [-0.39, 0.29) is 23.1 Å². The summed E-state index contributed by atoms with van der Waals surface area (Å²) in [6.07, 6.45) is 0.574. The molecule has 0 radical (unpaired) electrons. The summed E-state index contributed by atoms with van der Waals surface area (Å²) < 4.78 is 16.7. The molecule has 2 heterocycles. The van der Waals surface area contributed by atoms with Crippen molar-refractivity contribution in [1.29, 1.82) is 0 Å². The van der Waals surface area contributed by atoms with E-state index in [0.29, 0.717) is 12.2 Å². The third-order valence-electron chi connectivity index (χ3n) is 5.36. The van der Waals surface area contributed by atoms with E-state index in [9.17, 15) is 14.0 Å². The monoisotopic (exact) mass is 457 g/mol. The van der Waals surface area contributed by atoms with Gasteiger partial charge in [-0.25, -0.2) is 14.2 Å². The number of aromatic nitrogens is 3. The molecule has 0 saturated carbocycles. The van der Waals surface area contributed by atoms with Crippen molar-refractivity contribution >= 4 is 40.2 Å². The van der Waals surface area contributed by atoms with E-state index in [2.05, 4.69) is 26.0 Å². The highest BCUT2D eigenvalue weighted by molar-refractivity contribution is 5.99. The zero-order chi connectivity index (χ0) is 24.3. The third kappa shape index (κ3) is 5.30. The molecular formula is C22H28FN7O3. The van der Waals surface area contributed by atoms with Crippen molar-refractivity contribution in [2.45, 2.75) is 46.3 Å². The summed E-state index contributed by atoms with van der Waals surface area (Å²) in [7, 11) is 0. The van der Waals surface area contributed by atoms with Crippen LogP contribution in [-0.2, 0) is 6.54 Å². The number of benzene rings is 1. The summed E-state index contributed by atoms with van der Waals surface area (Å²) in [6, 6.07) is 5.53. The van der Waals surface area contributed by atoms with Crippen LogP contribution in [-0.4, -0.2) is 44.0 Å². The van der Waals surface area contributed by atoms with Gasteiger partial charge < -0.3 is 26.8 Å². The molecule has 3 aromatic rings. The fraction of sp³-hybridized carbons (Fsp3) is 0.364. The lowest BCUT2D eigenvalue weighted by Gasteiger charge is -2.29. The molecule has 2 atom stereocenters. The Bertz CT molecular complexity index is 1180. The second kappa shape index (κ2) is 9.72. The van der Waals surface area contributed by atoms with E-state index < -0.39 is 29.9 Å². The smallest absolute Gasteiger partial charge is 0.404 e. The number of amides is 2. The molecule has 0 fully saturated rings. The summed E-state index contributed by atoms with van der Waals surface area (Å²) in [4.78, 5) is 27.3. The van der Waals surface area contributed by atoms with E-state index >= 15 is 0 Å². The van der Waals surface area contributed by atoms with E-state index in [4.69, 9.17) is 10.8 Å². The minimum Gasteiger partial charge on any atom is -0.465 e. The number of hydrogen-bond donors (Lipinski definition) is 5. The molecule has 2 aromatic heterocycles. The van der Waals surface area contributed by atoms with Crippen LogP contribution in [0.4, 0.5) is 26.5 Å². The predicted octanol–water partition coefficient (Wildman–Crippen LogP) is 3.53. The second-order valence-corrected chi connectivity index (χ2v) is 8.09. The zero-order valence-corrected chi connectivity index (χ0v) is 18.9. The second-order valence-electron chi connectivity index (χ2n) is 8.09. The Kier molecular flexibility index (Phi) is 7.00. The topological polar surface area (TPSA) is 147 Å². The van der Waals surface area contributed by atoms with Crippen LogP contribution in [0.25, 0.3) is 10.9 Å². The van der Waals surface area contributed by atoms with Crippen molar-refractivity contribution in [3.63, 3.8) is 0 Å². The predicted molar refractivity (Wildman–Crippen MR) is 124 cm³/mol. The van der Waals surface area contributed by atoms with Crippen LogP contribution in [0.5, 0.6) is 0 Å². The molecule has 0 aliphatic rings. The Morgan fingerprint density at radius 1 is 1.21 bits per heavy atom. The Morgan fingerprint density at radius 2 is 1.94 bits per heavy atom. The number of carboxylic acid groups (broad SMARTS) is 1. The van der Waals surface area contributed by atoms with Gasteiger partial charge in [0.05, 0.1) is 17.3 Å². The third-order valence-corrected chi connectivity index (χ3v) is 5.36. The molecule has 0 aliphatic heterocycles. The Morgan fingerprint density at radius 3 is 2.55 bits per heavy atom. The number of aryl methyl sites for hydroxylation is 1. The fourth-order valence-corrected chi connectivity index (χ4v) is 3.72. The fourth-order valence-electron chi connectivity index (χ4n) is 3.72. The van der Waals surface area contributed by atoms with Crippen LogP contribution in [0, 0.1) is 11.7 Å². The maximum Gasteiger partial charge on any atom is 0.404 e.